The summed E-state index contributed by atoms with van der Waals surface area (Å²) in [5.41, 5.74) is 1.02. The summed E-state index contributed by atoms with van der Waals surface area (Å²) in [6.07, 6.45) is 4.70. The van der Waals surface area contributed by atoms with Crippen molar-refractivity contribution >= 4 is 33.1 Å². The number of rotatable bonds is 6. The minimum atomic E-state index is -3.28. The molecule has 0 atom stereocenters. The van der Waals surface area contributed by atoms with E-state index >= 15 is 0 Å². The predicted molar refractivity (Wildman–Crippen MR) is 123 cm³/mol. The van der Waals surface area contributed by atoms with E-state index in [1.807, 2.05) is 24.5 Å². The molecule has 0 aliphatic rings. The second-order valence-electron chi connectivity index (χ2n) is 7.04. The summed E-state index contributed by atoms with van der Waals surface area (Å²) in [5.74, 6) is -3.28. The zero-order valence-corrected chi connectivity index (χ0v) is 17.6. The summed E-state index contributed by atoms with van der Waals surface area (Å²) in [5, 5.41) is 3.50. The van der Waals surface area contributed by atoms with Gasteiger partial charge in [-0.3, -0.25) is 0 Å². The molecule has 2 nitrogen and oxygen atoms in total. The first kappa shape index (κ1) is 18.9. The van der Waals surface area contributed by atoms with Crippen LogP contribution in [0.3, 0.4) is 0 Å². The summed E-state index contributed by atoms with van der Waals surface area (Å²) in [7, 11) is 0. The molecule has 0 bridgehead atoms. The molecule has 28 heavy (non-hydrogen) atoms. The Labute approximate surface area is 171 Å². The molecule has 4 aromatic rings. The third-order valence-corrected chi connectivity index (χ3v) is 12.6. The standard InChI is InChI=1S/C24H24ClN2P/c1-2-27-18-21(26-20-27)19-28(25,22-12-6-3-7-13-22,23-14-8-4-9-15-23)24-16-10-5-11-17-24/h3-18,20H,2,19H2,1H3. The SMILES string of the molecule is CCn1cnc(CP(Cl)(c2ccccc2)(c2ccccc2)c2ccccc2)c1. The maximum absolute atomic E-state index is 8.04. The van der Waals surface area contributed by atoms with Gasteiger partial charge < -0.3 is 0 Å². The van der Waals surface area contributed by atoms with Crippen molar-refractivity contribution in [2.75, 3.05) is 0 Å². The molecule has 0 spiro atoms. The molecule has 3 aromatic carbocycles. The zero-order chi connectivity index (χ0) is 19.5. The van der Waals surface area contributed by atoms with Gasteiger partial charge in [0.2, 0.25) is 0 Å². The first-order valence-electron chi connectivity index (χ1n) is 9.55. The average Bonchev–Trinajstić information content (AvgIpc) is 3.23. The molecule has 142 valence electrons. The predicted octanol–water partition coefficient (Wildman–Crippen LogP) is 5.09. The van der Waals surface area contributed by atoms with Crippen LogP contribution in [-0.2, 0) is 12.7 Å². The monoisotopic (exact) mass is 406 g/mol. The Morgan fingerprint density at radius 3 is 1.54 bits per heavy atom. The number of hydrogen-bond donors (Lipinski definition) is 0. The Morgan fingerprint density at radius 2 is 1.18 bits per heavy atom. The summed E-state index contributed by atoms with van der Waals surface area (Å²) in [6, 6.07) is 31.6. The maximum atomic E-state index is 8.04. The first-order valence-corrected chi connectivity index (χ1v) is 12.9. The van der Waals surface area contributed by atoms with Gasteiger partial charge in [0.25, 0.3) is 0 Å². The molecule has 0 saturated carbocycles. The molecular formula is C24H24ClN2P. The van der Waals surface area contributed by atoms with E-state index in [2.05, 4.69) is 90.5 Å². The van der Waals surface area contributed by atoms with Gasteiger partial charge in [0.15, 0.2) is 0 Å². The van der Waals surface area contributed by atoms with Crippen molar-refractivity contribution in [3.63, 3.8) is 0 Å². The summed E-state index contributed by atoms with van der Waals surface area (Å²) >= 11 is 8.04. The molecular weight excluding hydrogens is 383 g/mol. The van der Waals surface area contributed by atoms with Gasteiger partial charge in [-0.05, 0) is 0 Å². The van der Waals surface area contributed by atoms with Crippen molar-refractivity contribution in [2.24, 2.45) is 0 Å². The third kappa shape index (κ3) is 3.07. The van der Waals surface area contributed by atoms with Crippen LogP contribution in [0.5, 0.6) is 0 Å². The second kappa shape index (κ2) is 7.54. The van der Waals surface area contributed by atoms with Gasteiger partial charge >= 0.3 is 172 Å². The van der Waals surface area contributed by atoms with Gasteiger partial charge in [-0.25, -0.2) is 0 Å². The second-order valence-corrected chi connectivity index (χ2v) is 13.5. The van der Waals surface area contributed by atoms with Crippen molar-refractivity contribution in [3.8, 4) is 0 Å². The van der Waals surface area contributed by atoms with E-state index in [0.717, 1.165) is 12.2 Å². The molecule has 4 rings (SSSR count). The van der Waals surface area contributed by atoms with Gasteiger partial charge in [-0.1, -0.05) is 0 Å². The van der Waals surface area contributed by atoms with Gasteiger partial charge in [0.1, 0.15) is 0 Å². The molecule has 4 heteroatoms. The molecule has 0 fully saturated rings. The number of aryl methyl sites for hydroxylation is 1. The van der Waals surface area contributed by atoms with E-state index < -0.39 is 5.96 Å². The van der Waals surface area contributed by atoms with Crippen molar-refractivity contribution < 1.29 is 0 Å². The Balaban J connectivity index is 2.06. The van der Waals surface area contributed by atoms with Crippen molar-refractivity contribution in [1.29, 1.82) is 0 Å². The van der Waals surface area contributed by atoms with Crippen molar-refractivity contribution in [3.05, 3.63) is 109 Å². The molecule has 0 N–H and O–H groups in total. The normalized spacial score (nSPS) is 13.0. The Morgan fingerprint density at radius 1 is 0.750 bits per heavy atom. The number of imidazole rings is 1. The van der Waals surface area contributed by atoms with Crippen LogP contribution >= 0.6 is 17.2 Å². The van der Waals surface area contributed by atoms with Crippen LogP contribution in [0.15, 0.2) is 104 Å². The molecule has 0 radical (unpaired) electrons. The quantitative estimate of drug-likeness (QED) is 0.408. The van der Waals surface area contributed by atoms with E-state index in [9.17, 15) is 0 Å². The Hall–Kier alpha value is -2.41. The van der Waals surface area contributed by atoms with E-state index in [1.54, 1.807) is 0 Å². The van der Waals surface area contributed by atoms with Crippen LogP contribution in [0.2, 0.25) is 0 Å². The average molecular weight is 407 g/mol. The van der Waals surface area contributed by atoms with E-state index in [-0.39, 0.29) is 0 Å². The molecule has 1 heterocycles. The summed E-state index contributed by atoms with van der Waals surface area (Å²) in [6.45, 7) is 3.02. The number of nitrogens with zero attached hydrogens (tertiary/aromatic N) is 2. The third-order valence-electron chi connectivity index (χ3n) is 5.39. The van der Waals surface area contributed by atoms with Crippen LogP contribution in [0.4, 0.5) is 0 Å². The molecule has 0 saturated heterocycles. The minimum absolute atomic E-state index is 0.679. The van der Waals surface area contributed by atoms with Crippen LogP contribution in [0, 0.1) is 0 Å². The molecule has 0 aliphatic heterocycles. The fraction of sp³-hybridized carbons (Fsp3) is 0.125. The van der Waals surface area contributed by atoms with Gasteiger partial charge in [-0.2, -0.15) is 0 Å². The Bertz CT molecular complexity index is 946. The fourth-order valence-corrected chi connectivity index (χ4v) is 9.88. The van der Waals surface area contributed by atoms with E-state index in [4.69, 9.17) is 16.2 Å². The number of hydrogen-bond acceptors (Lipinski definition) is 1. The van der Waals surface area contributed by atoms with Gasteiger partial charge in [0, 0.05) is 0 Å². The van der Waals surface area contributed by atoms with Crippen LogP contribution in [0.25, 0.3) is 0 Å². The van der Waals surface area contributed by atoms with Crippen LogP contribution in [-0.4, -0.2) is 9.55 Å². The van der Waals surface area contributed by atoms with E-state index in [1.165, 1.54) is 15.9 Å². The van der Waals surface area contributed by atoms with Crippen molar-refractivity contribution in [1.82, 2.24) is 9.55 Å². The molecule has 0 amide bonds. The number of benzene rings is 3. The first-order chi connectivity index (χ1) is 13.6. The fourth-order valence-electron chi connectivity index (χ4n) is 3.90. The van der Waals surface area contributed by atoms with E-state index in [0.29, 0.717) is 6.16 Å². The van der Waals surface area contributed by atoms with Crippen molar-refractivity contribution in [2.45, 2.75) is 19.6 Å². The number of halogens is 1. The van der Waals surface area contributed by atoms with Crippen LogP contribution in [0.1, 0.15) is 12.6 Å². The summed E-state index contributed by atoms with van der Waals surface area (Å²) in [4.78, 5) is 4.70. The zero-order valence-electron chi connectivity index (χ0n) is 15.9. The Kier molecular flexibility index (Phi) is 5.10. The van der Waals surface area contributed by atoms with Crippen LogP contribution < -0.4 is 15.9 Å². The van der Waals surface area contributed by atoms with Gasteiger partial charge in [-0.15, -0.1) is 0 Å². The summed E-state index contributed by atoms with van der Waals surface area (Å²) < 4.78 is 2.11. The molecule has 0 unspecified atom stereocenters. The molecule has 0 aliphatic carbocycles. The molecule has 1 aromatic heterocycles. The topological polar surface area (TPSA) is 17.8 Å². The van der Waals surface area contributed by atoms with Gasteiger partial charge in [0.05, 0.1) is 0 Å². The number of aromatic nitrogens is 2.